The molecule has 0 spiro atoms. The highest BCUT2D eigenvalue weighted by Crippen LogP contribution is 2.26. The summed E-state index contributed by atoms with van der Waals surface area (Å²) < 4.78 is 7.85. The summed E-state index contributed by atoms with van der Waals surface area (Å²) >= 11 is 0. The first-order valence-electron chi connectivity index (χ1n) is 8.22. The van der Waals surface area contributed by atoms with Gasteiger partial charge in [0.25, 0.3) is 5.91 Å². The minimum atomic E-state index is -0.511. The zero-order chi connectivity index (χ0) is 16.1. The number of hydrogen-bond acceptors (Lipinski definition) is 3. The number of imidazole rings is 1. The molecule has 5 nitrogen and oxygen atoms in total. The molecule has 122 valence electrons. The summed E-state index contributed by atoms with van der Waals surface area (Å²) in [4.78, 5) is 19.0. The van der Waals surface area contributed by atoms with Crippen LogP contribution in [-0.4, -0.2) is 40.1 Å². The molecule has 0 N–H and O–H groups in total. The Morgan fingerprint density at radius 2 is 2.22 bits per heavy atom. The molecule has 1 amide bonds. The van der Waals surface area contributed by atoms with Gasteiger partial charge in [0.2, 0.25) is 0 Å². The molecule has 0 aliphatic carbocycles. The van der Waals surface area contributed by atoms with Gasteiger partial charge in [-0.1, -0.05) is 30.3 Å². The average molecular weight is 313 g/mol. The van der Waals surface area contributed by atoms with Crippen LogP contribution in [0, 0.1) is 0 Å². The molecule has 1 fully saturated rings. The number of aromatic nitrogens is 2. The Kier molecular flexibility index (Phi) is 5.08. The van der Waals surface area contributed by atoms with Gasteiger partial charge in [-0.05, 0) is 25.3 Å². The molecule has 1 aliphatic heterocycles. The molecule has 1 aromatic heterocycles. The van der Waals surface area contributed by atoms with Crippen LogP contribution in [0.2, 0.25) is 0 Å². The maximum Gasteiger partial charge on any atom is 0.256 e. The zero-order valence-corrected chi connectivity index (χ0v) is 13.5. The molecule has 0 unspecified atom stereocenters. The van der Waals surface area contributed by atoms with Gasteiger partial charge in [0.15, 0.2) is 6.10 Å². The Hall–Kier alpha value is -2.14. The van der Waals surface area contributed by atoms with Gasteiger partial charge in [-0.15, -0.1) is 0 Å². The van der Waals surface area contributed by atoms with E-state index < -0.39 is 6.10 Å². The molecule has 1 aromatic carbocycles. The molecular weight excluding hydrogens is 290 g/mol. The van der Waals surface area contributed by atoms with Crippen molar-refractivity contribution >= 4 is 5.91 Å². The van der Waals surface area contributed by atoms with E-state index >= 15 is 0 Å². The van der Waals surface area contributed by atoms with Crippen LogP contribution >= 0.6 is 0 Å². The molecule has 23 heavy (non-hydrogen) atoms. The Labute approximate surface area is 136 Å². The molecule has 1 aliphatic rings. The maximum atomic E-state index is 13.0. The third-order valence-corrected chi connectivity index (χ3v) is 4.31. The normalized spacial score (nSPS) is 19.5. The SMILES string of the molecule is CCO[C@H](C(=O)N1CCC[C@H](n2ccnc2)C1)c1ccccc1. The van der Waals surface area contributed by atoms with Crippen LogP contribution in [0.15, 0.2) is 49.1 Å². The van der Waals surface area contributed by atoms with Crippen LogP contribution in [0.25, 0.3) is 0 Å². The van der Waals surface area contributed by atoms with E-state index in [0.29, 0.717) is 19.2 Å². The monoisotopic (exact) mass is 313 g/mol. The van der Waals surface area contributed by atoms with E-state index in [1.807, 2.05) is 54.7 Å². The highest BCUT2D eigenvalue weighted by Gasteiger charge is 2.30. The lowest BCUT2D eigenvalue weighted by molar-refractivity contribution is -0.145. The van der Waals surface area contributed by atoms with Gasteiger partial charge in [0.1, 0.15) is 0 Å². The van der Waals surface area contributed by atoms with Gasteiger partial charge < -0.3 is 14.2 Å². The van der Waals surface area contributed by atoms with Crippen LogP contribution < -0.4 is 0 Å². The molecule has 2 atom stereocenters. The second kappa shape index (κ2) is 7.42. The third-order valence-electron chi connectivity index (χ3n) is 4.31. The molecule has 2 heterocycles. The van der Waals surface area contributed by atoms with E-state index in [-0.39, 0.29) is 5.91 Å². The van der Waals surface area contributed by atoms with Crippen molar-refractivity contribution in [1.29, 1.82) is 0 Å². The van der Waals surface area contributed by atoms with Crippen LogP contribution in [0.5, 0.6) is 0 Å². The molecular formula is C18H23N3O2. The van der Waals surface area contributed by atoms with E-state index in [1.54, 1.807) is 6.20 Å². The fourth-order valence-corrected chi connectivity index (χ4v) is 3.15. The van der Waals surface area contributed by atoms with Crippen molar-refractivity contribution in [2.45, 2.75) is 31.9 Å². The number of rotatable bonds is 5. The third kappa shape index (κ3) is 3.62. The second-order valence-corrected chi connectivity index (χ2v) is 5.84. The number of likely N-dealkylation sites (tertiary alicyclic amines) is 1. The summed E-state index contributed by atoms with van der Waals surface area (Å²) in [5.41, 5.74) is 0.920. The Morgan fingerprint density at radius 1 is 1.39 bits per heavy atom. The van der Waals surface area contributed by atoms with Gasteiger partial charge in [0.05, 0.1) is 12.4 Å². The summed E-state index contributed by atoms with van der Waals surface area (Å²) in [7, 11) is 0. The van der Waals surface area contributed by atoms with Crippen molar-refractivity contribution < 1.29 is 9.53 Å². The van der Waals surface area contributed by atoms with Crippen molar-refractivity contribution in [3.63, 3.8) is 0 Å². The number of benzene rings is 1. The number of carbonyl (C=O) groups excluding carboxylic acids is 1. The van der Waals surface area contributed by atoms with Crippen LogP contribution in [0.3, 0.4) is 0 Å². The van der Waals surface area contributed by atoms with Gasteiger partial charge in [-0.25, -0.2) is 4.98 Å². The van der Waals surface area contributed by atoms with E-state index in [0.717, 1.165) is 24.9 Å². The first-order valence-corrected chi connectivity index (χ1v) is 8.22. The largest absolute Gasteiger partial charge is 0.364 e. The van der Waals surface area contributed by atoms with E-state index in [9.17, 15) is 4.79 Å². The zero-order valence-electron chi connectivity index (χ0n) is 13.5. The van der Waals surface area contributed by atoms with E-state index in [1.165, 1.54) is 0 Å². The standard InChI is InChI=1S/C18H23N3O2/c1-2-23-17(15-7-4-3-5-8-15)18(22)20-11-6-9-16(13-20)21-12-10-19-14-21/h3-5,7-8,10,12,14,16-17H,2,6,9,11,13H2,1H3/t16-,17-/m0/s1. The van der Waals surface area contributed by atoms with Crippen molar-refractivity contribution in [2.75, 3.05) is 19.7 Å². The molecule has 0 radical (unpaired) electrons. The molecule has 1 saturated heterocycles. The quantitative estimate of drug-likeness (QED) is 0.853. The number of ether oxygens (including phenoxy) is 1. The van der Waals surface area contributed by atoms with Crippen molar-refractivity contribution in [1.82, 2.24) is 14.5 Å². The number of nitrogens with zero attached hydrogens (tertiary/aromatic N) is 3. The lowest BCUT2D eigenvalue weighted by atomic mass is 10.0. The summed E-state index contributed by atoms with van der Waals surface area (Å²) in [5.74, 6) is 0.0582. The summed E-state index contributed by atoms with van der Waals surface area (Å²) in [6.45, 7) is 3.95. The number of hydrogen-bond donors (Lipinski definition) is 0. The number of amides is 1. The molecule has 0 bridgehead atoms. The first-order chi connectivity index (χ1) is 11.3. The van der Waals surface area contributed by atoms with E-state index in [4.69, 9.17) is 4.74 Å². The summed E-state index contributed by atoms with van der Waals surface area (Å²) in [6.07, 6.45) is 7.15. The van der Waals surface area contributed by atoms with Gasteiger partial charge >= 0.3 is 0 Å². The predicted octanol–water partition coefficient (Wildman–Crippen LogP) is 2.82. The minimum absolute atomic E-state index is 0.0582. The van der Waals surface area contributed by atoms with Crippen molar-refractivity contribution in [3.05, 3.63) is 54.6 Å². The fraction of sp³-hybridized carbons (Fsp3) is 0.444. The minimum Gasteiger partial charge on any atom is -0.364 e. The van der Waals surface area contributed by atoms with Crippen LogP contribution in [-0.2, 0) is 9.53 Å². The van der Waals surface area contributed by atoms with Gasteiger partial charge in [0, 0.05) is 32.1 Å². The smallest absolute Gasteiger partial charge is 0.256 e. The summed E-state index contributed by atoms with van der Waals surface area (Å²) in [6, 6.07) is 10.0. The first kappa shape index (κ1) is 15.7. The number of carbonyl (C=O) groups is 1. The Bertz CT molecular complexity index is 612. The lowest BCUT2D eigenvalue weighted by Gasteiger charge is -2.35. The van der Waals surface area contributed by atoms with Crippen molar-refractivity contribution in [3.8, 4) is 0 Å². The number of piperidine rings is 1. The van der Waals surface area contributed by atoms with Crippen LogP contribution in [0.4, 0.5) is 0 Å². The lowest BCUT2D eigenvalue weighted by Crippen LogP contribution is -2.43. The second-order valence-electron chi connectivity index (χ2n) is 5.84. The Morgan fingerprint density at radius 3 is 2.91 bits per heavy atom. The predicted molar refractivity (Wildman–Crippen MR) is 87.9 cm³/mol. The summed E-state index contributed by atoms with van der Waals surface area (Å²) in [5, 5.41) is 0. The fourth-order valence-electron chi connectivity index (χ4n) is 3.15. The molecule has 2 aromatic rings. The van der Waals surface area contributed by atoms with Gasteiger partial charge in [-0.3, -0.25) is 4.79 Å². The molecule has 5 heteroatoms. The topological polar surface area (TPSA) is 47.4 Å². The highest BCUT2D eigenvalue weighted by atomic mass is 16.5. The maximum absolute atomic E-state index is 13.0. The molecule has 3 rings (SSSR count). The highest BCUT2D eigenvalue weighted by molar-refractivity contribution is 5.82. The van der Waals surface area contributed by atoms with Gasteiger partial charge in [-0.2, -0.15) is 0 Å². The van der Waals surface area contributed by atoms with Crippen molar-refractivity contribution in [2.24, 2.45) is 0 Å². The Balaban J connectivity index is 1.74. The van der Waals surface area contributed by atoms with Crippen LogP contribution in [0.1, 0.15) is 37.5 Å². The molecule has 0 saturated carbocycles. The van der Waals surface area contributed by atoms with E-state index in [2.05, 4.69) is 9.55 Å². The average Bonchev–Trinajstić information content (AvgIpc) is 3.15.